The van der Waals surface area contributed by atoms with Crippen LogP contribution in [-0.4, -0.2) is 25.3 Å². The highest BCUT2D eigenvalue weighted by molar-refractivity contribution is 9.10. The van der Waals surface area contributed by atoms with E-state index < -0.39 is 5.69 Å². The largest absolute Gasteiger partial charge is 0.367 e. The minimum absolute atomic E-state index is 0.196. The maximum Gasteiger partial charge on any atom is 0.367 e. The zero-order valence-electron chi connectivity index (χ0n) is 15.4. The SMILES string of the molecule is Cc1ccc(Sc2ccc3nn(CC(=O)Nc4ccc(Br)cc4)c(=O)n3n2)cc1. The van der Waals surface area contributed by atoms with Gasteiger partial charge in [-0.05, 0) is 55.5 Å². The van der Waals surface area contributed by atoms with Gasteiger partial charge in [0.2, 0.25) is 5.91 Å². The highest BCUT2D eigenvalue weighted by atomic mass is 79.9. The Balaban J connectivity index is 1.52. The lowest BCUT2D eigenvalue weighted by molar-refractivity contribution is -0.117. The first-order chi connectivity index (χ1) is 14.0. The van der Waals surface area contributed by atoms with E-state index in [-0.39, 0.29) is 12.5 Å². The molecule has 1 N–H and O–H groups in total. The second-order valence-corrected chi connectivity index (χ2v) is 8.36. The van der Waals surface area contributed by atoms with Crippen molar-refractivity contribution in [2.75, 3.05) is 5.32 Å². The molecule has 0 atom stereocenters. The van der Waals surface area contributed by atoms with Crippen LogP contribution in [0.5, 0.6) is 0 Å². The first kappa shape index (κ1) is 19.4. The van der Waals surface area contributed by atoms with E-state index in [1.807, 2.05) is 43.3 Å². The Hall–Kier alpha value is -2.91. The molecule has 146 valence electrons. The molecule has 4 rings (SSSR count). The van der Waals surface area contributed by atoms with Crippen LogP contribution in [0.2, 0.25) is 0 Å². The third kappa shape index (κ3) is 4.57. The number of halogens is 1. The Morgan fingerprint density at radius 2 is 1.76 bits per heavy atom. The molecular formula is C20H16BrN5O2S. The molecule has 0 aliphatic heterocycles. The summed E-state index contributed by atoms with van der Waals surface area (Å²) in [6.45, 7) is 1.83. The van der Waals surface area contributed by atoms with Crippen LogP contribution in [0.3, 0.4) is 0 Å². The average Bonchev–Trinajstić information content (AvgIpc) is 3.01. The summed E-state index contributed by atoms with van der Waals surface area (Å²) in [5, 5.41) is 12.0. The number of hydrogen-bond donors (Lipinski definition) is 1. The van der Waals surface area contributed by atoms with E-state index >= 15 is 0 Å². The zero-order valence-corrected chi connectivity index (χ0v) is 17.8. The maximum absolute atomic E-state index is 12.6. The smallest absolute Gasteiger partial charge is 0.324 e. The van der Waals surface area contributed by atoms with Crippen molar-refractivity contribution < 1.29 is 4.79 Å². The fraction of sp³-hybridized carbons (Fsp3) is 0.100. The molecule has 9 heteroatoms. The number of anilines is 1. The van der Waals surface area contributed by atoms with Crippen LogP contribution in [0.4, 0.5) is 5.69 Å². The van der Waals surface area contributed by atoms with Crippen molar-refractivity contribution in [1.29, 1.82) is 0 Å². The fourth-order valence-corrected chi connectivity index (χ4v) is 3.68. The summed E-state index contributed by atoms with van der Waals surface area (Å²) in [6.07, 6.45) is 0. The third-order valence-electron chi connectivity index (χ3n) is 4.08. The van der Waals surface area contributed by atoms with Crippen LogP contribution < -0.4 is 11.0 Å². The molecule has 0 saturated carbocycles. The molecular weight excluding hydrogens is 454 g/mol. The number of benzene rings is 2. The van der Waals surface area contributed by atoms with Gasteiger partial charge in [0.1, 0.15) is 11.6 Å². The van der Waals surface area contributed by atoms with E-state index in [1.54, 1.807) is 24.3 Å². The van der Waals surface area contributed by atoms with E-state index in [0.717, 1.165) is 14.1 Å². The molecule has 2 heterocycles. The standard InChI is InChI=1S/C20H16BrN5O2S/c1-13-2-8-16(9-3-13)29-19-11-10-17-23-25(20(28)26(17)24-19)12-18(27)22-15-6-4-14(21)5-7-15/h2-11H,12H2,1H3,(H,22,27). The van der Waals surface area contributed by atoms with Gasteiger partial charge in [0.25, 0.3) is 0 Å². The topological polar surface area (TPSA) is 81.3 Å². The molecule has 7 nitrogen and oxygen atoms in total. The van der Waals surface area contributed by atoms with E-state index in [1.165, 1.54) is 21.8 Å². The first-order valence-electron chi connectivity index (χ1n) is 8.75. The minimum atomic E-state index is -0.461. The van der Waals surface area contributed by atoms with Crippen molar-refractivity contribution in [3.63, 3.8) is 0 Å². The molecule has 2 aromatic carbocycles. The number of carbonyl (C=O) groups excluding carboxylic acids is 1. The van der Waals surface area contributed by atoms with Crippen molar-refractivity contribution in [3.05, 3.63) is 81.2 Å². The molecule has 0 unspecified atom stereocenters. The summed E-state index contributed by atoms with van der Waals surface area (Å²) < 4.78 is 3.23. The lowest BCUT2D eigenvalue weighted by Crippen LogP contribution is -2.28. The molecule has 29 heavy (non-hydrogen) atoms. The molecule has 0 fully saturated rings. The van der Waals surface area contributed by atoms with Gasteiger partial charge in [0.05, 0.1) is 0 Å². The fourth-order valence-electron chi connectivity index (χ4n) is 2.65. The number of hydrogen-bond acceptors (Lipinski definition) is 5. The van der Waals surface area contributed by atoms with Gasteiger partial charge >= 0.3 is 5.69 Å². The highest BCUT2D eigenvalue weighted by Gasteiger charge is 2.13. The quantitative estimate of drug-likeness (QED) is 0.481. The number of aromatic nitrogens is 4. The van der Waals surface area contributed by atoms with Crippen molar-refractivity contribution in [3.8, 4) is 0 Å². The van der Waals surface area contributed by atoms with E-state index in [4.69, 9.17) is 0 Å². The van der Waals surface area contributed by atoms with Gasteiger partial charge in [-0.3, -0.25) is 4.79 Å². The molecule has 0 aliphatic rings. The van der Waals surface area contributed by atoms with E-state index in [9.17, 15) is 9.59 Å². The first-order valence-corrected chi connectivity index (χ1v) is 10.4. The molecule has 0 saturated heterocycles. The summed E-state index contributed by atoms with van der Waals surface area (Å²) >= 11 is 4.80. The van der Waals surface area contributed by atoms with Gasteiger partial charge in [-0.2, -0.15) is 9.61 Å². The van der Waals surface area contributed by atoms with E-state index in [0.29, 0.717) is 16.4 Å². The predicted octanol–water partition coefficient (Wildman–Crippen LogP) is 3.75. The number of amides is 1. The second-order valence-electron chi connectivity index (χ2n) is 6.35. The zero-order chi connectivity index (χ0) is 20.4. The number of aryl methyl sites for hydroxylation is 1. The number of nitrogens with one attached hydrogen (secondary N) is 1. The van der Waals surface area contributed by atoms with Crippen molar-refractivity contribution >= 4 is 44.9 Å². The monoisotopic (exact) mass is 469 g/mol. The highest BCUT2D eigenvalue weighted by Crippen LogP contribution is 2.25. The Bertz CT molecular complexity index is 1230. The molecule has 4 aromatic rings. The lowest BCUT2D eigenvalue weighted by Gasteiger charge is -2.04. The number of carbonyl (C=O) groups is 1. The molecule has 0 spiro atoms. The van der Waals surface area contributed by atoms with Gasteiger partial charge in [-0.15, -0.1) is 5.10 Å². The van der Waals surface area contributed by atoms with Gasteiger partial charge in [0, 0.05) is 15.1 Å². The van der Waals surface area contributed by atoms with Crippen LogP contribution in [0.15, 0.2) is 79.9 Å². The van der Waals surface area contributed by atoms with Gasteiger partial charge in [-0.25, -0.2) is 9.48 Å². The number of rotatable bonds is 5. The normalized spacial score (nSPS) is 11.0. The second kappa shape index (κ2) is 8.22. The van der Waals surface area contributed by atoms with Gasteiger partial charge < -0.3 is 5.32 Å². The number of nitrogens with zero attached hydrogens (tertiary/aromatic N) is 4. The summed E-state index contributed by atoms with van der Waals surface area (Å²) in [7, 11) is 0. The molecule has 1 amide bonds. The van der Waals surface area contributed by atoms with Crippen LogP contribution in [0.1, 0.15) is 5.56 Å². The Labute approximate surface area is 178 Å². The minimum Gasteiger partial charge on any atom is -0.324 e. The van der Waals surface area contributed by atoms with Crippen molar-refractivity contribution in [1.82, 2.24) is 19.4 Å². The number of fused-ring (bicyclic) bond motifs is 1. The van der Waals surface area contributed by atoms with Crippen LogP contribution >= 0.6 is 27.7 Å². The third-order valence-corrected chi connectivity index (χ3v) is 5.54. The Kier molecular flexibility index (Phi) is 5.50. The van der Waals surface area contributed by atoms with Crippen LogP contribution in [0.25, 0.3) is 5.65 Å². The van der Waals surface area contributed by atoms with Crippen LogP contribution in [0, 0.1) is 6.92 Å². The van der Waals surface area contributed by atoms with E-state index in [2.05, 4.69) is 31.4 Å². The Morgan fingerprint density at radius 1 is 1.03 bits per heavy atom. The van der Waals surface area contributed by atoms with Gasteiger partial charge in [0.15, 0.2) is 5.65 Å². The van der Waals surface area contributed by atoms with Crippen molar-refractivity contribution in [2.45, 2.75) is 23.4 Å². The molecule has 0 bridgehead atoms. The summed E-state index contributed by atoms with van der Waals surface area (Å²) in [4.78, 5) is 25.9. The van der Waals surface area contributed by atoms with Gasteiger partial charge in [-0.1, -0.05) is 45.4 Å². The van der Waals surface area contributed by atoms with Crippen LogP contribution in [-0.2, 0) is 11.3 Å². The molecule has 0 aliphatic carbocycles. The van der Waals surface area contributed by atoms with Crippen molar-refractivity contribution in [2.24, 2.45) is 0 Å². The Morgan fingerprint density at radius 3 is 2.48 bits per heavy atom. The predicted molar refractivity (Wildman–Crippen MR) is 115 cm³/mol. The molecule has 2 aromatic heterocycles. The summed E-state index contributed by atoms with van der Waals surface area (Å²) in [5.74, 6) is -0.341. The average molecular weight is 470 g/mol. The summed E-state index contributed by atoms with van der Waals surface area (Å²) in [6, 6.07) is 18.8. The maximum atomic E-state index is 12.6. The lowest BCUT2D eigenvalue weighted by atomic mass is 10.2. The molecule has 0 radical (unpaired) electrons. The summed E-state index contributed by atoms with van der Waals surface area (Å²) in [5.41, 5.74) is 1.75.